The topological polar surface area (TPSA) is 89.8 Å². The van der Waals surface area contributed by atoms with Gasteiger partial charge in [0.15, 0.2) is 0 Å². The van der Waals surface area contributed by atoms with E-state index >= 15 is 0 Å². The highest BCUT2D eigenvalue weighted by Crippen LogP contribution is 2.23. The molecule has 1 aromatic carbocycles. The van der Waals surface area contributed by atoms with Gasteiger partial charge in [-0.3, -0.25) is 4.79 Å². The first-order chi connectivity index (χ1) is 7.91. The van der Waals surface area contributed by atoms with Crippen molar-refractivity contribution in [3.8, 4) is 5.75 Å². The molecule has 4 N–H and O–H groups in total. The molecule has 0 aliphatic carbocycles. The minimum absolute atomic E-state index is 0.0170. The average Bonchev–Trinajstić information content (AvgIpc) is 2.25. The van der Waals surface area contributed by atoms with Crippen molar-refractivity contribution in [1.82, 2.24) is 5.32 Å². The van der Waals surface area contributed by atoms with Gasteiger partial charge < -0.3 is 20.6 Å². The Hall–Kier alpha value is -1.59. The lowest BCUT2D eigenvalue weighted by atomic mass is 9.99. The summed E-state index contributed by atoms with van der Waals surface area (Å²) in [6.07, 6.45) is -2.18. The Morgan fingerprint density at radius 3 is 2.59 bits per heavy atom. The average molecular weight is 239 g/mol. The number of nitrogens with one attached hydrogen (secondary N) is 1. The van der Waals surface area contributed by atoms with Gasteiger partial charge in [-0.1, -0.05) is 6.07 Å². The van der Waals surface area contributed by atoms with E-state index in [4.69, 9.17) is 0 Å². The van der Waals surface area contributed by atoms with Crippen LogP contribution in [0, 0.1) is 6.92 Å². The third kappa shape index (κ3) is 3.72. The molecule has 0 heterocycles. The normalized spacial score (nSPS) is 14.1. The van der Waals surface area contributed by atoms with E-state index in [9.17, 15) is 20.1 Å². The number of aliphatic hydroxyl groups excluding tert-OH is 2. The van der Waals surface area contributed by atoms with E-state index in [1.54, 1.807) is 13.0 Å². The van der Waals surface area contributed by atoms with Crippen LogP contribution in [0.3, 0.4) is 0 Å². The molecule has 2 unspecified atom stereocenters. The molecular formula is C12H17NO4. The molecule has 1 aromatic rings. The number of benzene rings is 1. The summed E-state index contributed by atoms with van der Waals surface area (Å²) in [4.78, 5) is 10.7. The molecule has 0 fully saturated rings. The molecule has 0 saturated heterocycles. The number of aryl methyl sites for hydroxylation is 1. The van der Waals surface area contributed by atoms with Gasteiger partial charge in [0, 0.05) is 13.5 Å². The zero-order valence-electron chi connectivity index (χ0n) is 9.84. The molecule has 17 heavy (non-hydrogen) atoms. The maximum atomic E-state index is 10.7. The van der Waals surface area contributed by atoms with E-state index in [1.807, 2.05) is 0 Å². The first kappa shape index (κ1) is 13.5. The number of phenols is 1. The van der Waals surface area contributed by atoms with Crippen molar-refractivity contribution in [1.29, 1.82) is 0 Å². The van der Waals surface area contributed by atoms with Crippen LogP contribution in [0.15, 0.2) is 18.2 Å². The van der Waals surface area contributed by atoms with E-state index in [1.165, 1.54) is 19.1 Å². The maximum Gasteiger partial charge on any atom is 0.216 e. The van der Waals surface area contributed by atoms with Crippen molar-refractivity contribution in [2.75, 3.05) is 6.54 Å². The van der Waals surface area contributed by atoms with E-state index in [0.29, 0.717) is 11.1 Å². The SMILES string of the molecule is CC(=O)NCC(O)C(O)c1ccc(O)cc1C. The highest BCUT2D eigenvalue weighted by atomic mass is 16.3. The van der Waals surface area contributed by atoms with Crippen LogP contribution in [-0.2, 0) is 4.79 Å². The molecule has 0 aliphatic heterocycles. The van der Waals surface area contributed by atoms with Gasteiger partial charge in [0.1, 0.15) is 18.0 Å². The summed E-state index contributed by atoms with van der Waals surface area (Å²) in [5, 5.41) is 31.2. The van der Waals surface area contributed by atoms with Gasteiger partial charge in [-0.25, -0.2) is 0 Å². The predicted molar refractivity (Wildman–Crippen MR) is 62.5 cm³/mol. The Morgan fingerprint density at radius 1 is 1.41 bits per heavy atom. The second kappa shape index (κ2) is 5.65. The molecule has 0 spiro atoms. The minimum Gasteiger partial charge on any atom is -0.508 e. The zero-order valence-corrected chi connectivity index (χ0v) is 9.84. The second-order valence-electron chi connectivity index (χ2n) is 3.99. The quantitative estimate of drug-likeness (QED) is 0.605. The van der Waals surface area contributed by atoms with Crippen LogP contribution in [-0.4, -0.2) is 33.9 Å². The number of hydrogen-bond acceptors (Lipinski definition) is 4. The van der Waals surface area contributed by atoms with Crippen LogP contribution in [0.25, 0.3) is 0 Å². The molecular weight excluding hydrogens is 222 g/mol. The highest BCUT2D eigenvalue weighted by molar-refractivity contribution is 5.72. The number of amides is 1. The fourth-order valence-electron chi connectivity index (χ4n) is 1.56. The Bertz CT molecular complexity index is 405. The highest BCUT2D eigenvalue weighted by Gasteiger charge is 2.20. The Kier molecular flexibility index (Phi) is 4.48. The van der Waals surface area contributed by atoms with Crippen molar-refractivity contribution in [2.24, 2.45) is 0 Å². The van der Waals surface area contributed by atoms with Crippen LogP contribution < -0.4 is 5.32 Å². The molecule has 5 nitrogen and oxygen atoms in total. The van der Waals surface area contributed by atoms with Gasteiger partial charge in [-0.2, -0.15) is 0 Å². The fourth-order valence-corrected chi connectivity index (χ4v) is 1.56. The predicted octanol–water partition coefficient (Wildman–Crippen LogP) is 0.231. The van der Waals surface area contributed by atoms with E-state index in [0.717, 1.165) is 0 Å². The van der Waals surface area contributed by atoms with Crippen LogP contribution in [0.2, 0.25) is 0 Å². The molecule has 0 aromatic heterocycles. The molecule has 0 bridgehead atoms. The number of phenolic OH excluding ortho intramolecular Hbond substituents is 1. The van der Waals surface area contributed by atoms with Crippen molar-refractivity contribution < 1.29 is 20.1 Å². The summed E-state index contributed by atoms with van der Waals surface area (Å²) in [5.74, 6) is -0.159. The third-order valence-electron chi connectivity index (χ3n) is 2.50. The number of carbonyl (C=O) groups excluding carboxylic acids is 1. The van der Waals surface area contributed by atoms with Gasteiger partial charge in [0.05, 0.1) is 0 Å². The largest absolute Gasteiger partial charge is 0.508 e. The van der Waals surface area contributed by atoms with E-state index in [2.05, 4.69) is 5.32 Å². The summed E-state index contributed by atoms with van der Waals surface area (Å²) in [6.45, 7) is 3.05. The number of aromatic hydroxyl groups is 1. The molecule has 2 atom stereocenters. The lowest BCUT2D eigenvalue weighted by Gasteiger charge is -2.20. The molecule has 5 heteroatoms. The van der Waals surface area contributed by atoms with Crippen molar-refractivity contribution in [3.05, 3.63) is 29.3 Å². The molecule has 1 rings (SSSR count). The zero-order chi connectivity index (χ0) is 13.0. The fraction of sp³-hybridized carbons (Fsp3) is 0.417. The van der Waals surface area contributed by atoms with Crippen LogP contribution in [0.5, 0.6) is 5.75 Å². The number of hydrogen-bond donors (Lipinski definition) is 4. The van der Waals surface area contributed by atoms with E-state index in [-0.39, 0.29) is 18.2 Å². The summed E-state index contributed by atoms with van der Waals surface area (Å²) in [6, 6.07) is 4.49. The van der Waals surface area contributed by atoms with Gasteiger partial charge in [-0.05, 0) is 30.2 Å². The van der Waals surface area contributed by atoms with Gasteiger partial charge in [0.2, 0.25) is 5.91 Å². The maximum absolute atomic E-state index is 10.7. The van der Waals surface area contributed by atoms with Gasteiger partial charge >= 0.3 is 0 Å². The lowest BCUT2D eigenvalue weighted by molar-refractivity contribution is -0.119. The molecule has 0 radical (unpaired) electrons. The van der Waals surface area contributed by atoms with E-state index < -0.39 is 12.2 Å². The Morgan fingerprint density at radius 2 is 2.06 bits per heavy atom. The molecule has 0 aliphatic rings. The summed E-state index contributed by atoms with van der Waals surface area (Å²) in [7, 11) is 0. The van der Waals surface area contributed by atoms with Crippen LogP contribution in [0.1, 0.15) is 24.2 Å². The first-order valence-corrected chi connectivity index (χ1v) is 5.32. The van der Waals surface area contributed by atoms with Crippen molar-refractivity contribution >= 4 is 5.91 Å². The van der Waals surface area contributed by atoms with Crippen molar-refractivity contribution in [3.63, 3.8) is 0 Å². The smallest absolute Gasteiger partial charge is 0.216 e. The minimum atomic E-state index is -1.09. The Labute approximate surface area is 99.7 Å². The summed E-state index contributed by atoms with van der Waals surface area (Å²) >= 11 is 0. The monoisotopic (exact) mass is 239 g/mol. The lowest BCUT2D eigenvalue weighted by Crippen LogP contribution is -2.34. The van der Waals surface area contributed by atoms with Gasteiger partial charge in [-0.15, -0.1) is 0 Å². The number of aliphatic hydroxyl groups is 2. The number of rotatable bonds is 4. The second-order valence-corrected chi connectivity index (χ2v) is 3.99. The summed E-state index contributed by atoms with van der Waals surface area (Å²) in [5.41, 5.74) is 1.21. The number of carbonyl (C=O) groups is 1. The Balaban J connectivity index is 2.74. The molecule has 0 saturated carbocycles. The molecule has 1 amide bonds. The standard InChI is InChI=1S/C12H17NO4/c1-7-5-9(15)3-4-10(7)12(17)11(16)6-13-8(2)14/h3-5,11-12,15-17H,6H2,1-2H3,(H,13,14). The van der Waals surface area contributed by atoms with Crippen LogP contribution in [0.4, 0.5) is 0 Å². The van der Waals surface area contributed by atoms with Crippen molar-refractivity contribution in [2.45, 2.75) is 26.1 Å². The van der Waals surface area contributed by atoms with Crippen LogP contribution >= 0.6 is 0 Å². The summed E-state index contributed by atoms with van der Waals surface area (Å²) < 4.78 is 0. The first-order valence-electron chi connectivity index (χ1n) is 5.32. The third-order valence-corrected chi connectivity index (χ3v) is 2.50. The van der Waals surface area contributed by atoms with Gasteiger partial charge in [0.25, 0.3) is 0 Å². The molecule has 94 valence electrons.